The molecule has 7 nitrogen and oxygen atoms in total. The van der Waals surface area contributed by atoms with Gasteiger partial charge in [0.05, 0.1) is 5.56 Å². The Labute approximate surface area is 108 Å². The maximum atomic E-state index is 11.9. The zero-order valence-electron chi connectivity index (χ0n) is 10.6. The minimum absolute atomic E-state index is 0.0339. The number of hydrogen-bond acceptors (Lipinski definition) is 4. The van der Waals surface area contributed by atoms with Gasteiger partial charge in [-0.15, -0.1) is 0 Å². The first-order valence-electron chi connectivity index (χ1n) is 6.12. The van der Waals surface area contributed by atoms with Crippen molar-refractivity contribution >= 4 is 11.7 Å². The summed E-state index contributed by atoms with van der Waals surface area (Å²) in [7, 11) is 0. The molecule has 0 unspecified atom stereocenters. The molecule has 2 N–H and O–H groups in total. The van der Waals surface area contributed by atoms with Gasteiger partial charge in [0.2, 0.25) is 5.91 Å². The molecule has 1 fully saturated rings. The van der Waals surface area contributed by atoms with Crippen LogP contribution in [-0.4, -0.2) is 27.3 Å². The van der Waals surface area contributed by atoms with E-state index in [1.807, 2.05) is 0 Å². The van der Waals surface area contributed by atoms with Crippen molar-refractivity contribution in [1.29, 1.82) is 0 Å². The molecule has 1 aromatic heterocycles. The molecule has 2 rings (SSSR count). The Morgan fingerprint density at radius 2 is 2.11 bits per heavy atom. The van der Waals surface area contributed by atoms with Crippen molar-refractivity contribution in [3.05, 3.63) is 32.6 Å². The van der Waals surface area contributed by atoms with Crippen LogP contribution in [0.1, 0.15) is 36.5 Å². The first kappa shape index (κ1) is 13.3. The number of aromatic nitrogens is 2. The topological polar surface area (TPSA) is 101 Å². The molecule has 19 heavy (non-hydrogen) atoms. The van der Waals surface area contributed by atoms with Crippen molar-refractivity contribution in [2.45, 2.75) is 38.8 Å². The lowest BCUT2D eigenvalue weighted by Gasteiger charge is -2.06. The SMILES string of the molecule is CC(=O)c1c[nH]c(=O)n(CCC(=O)NC2CC2)c1=O. The van der Waals surface area contributed by atoms with Crippen molar-refractivity contribution < 1.29 is 9.59 Å². The summed E-state index contributed by atoms with van der Waals surface area (Å²) >= 11 is 0. The molecule has 1 aliphatic carbocycles. The van der Waals surface area contributed by atoms with Gasteiger partial charge in [-0.25, -0.2) is 4.79 Å². The van der Waals surface area contributed by atoms with Gasteiger partial charge >= 0.3 is 5.69 Å². The number of ketones is 1. The fourth-order valence-electron chi connectivity index (χ4n) is 1.71. The number of carbonyl (C=O) groups is 2. The van der Waals surface area contributed by atoms with Crippen molar-refractivity contribution in [1.82, 2.24) is 14.9 Å². The van der Waals surface area contributed by atoms with E-state index in [-0.39, 0.29) is 30.5 Å². The first-order valence-corrected chi connectivity index (χ1v) is 6.12. The molecule has 1 amide bonds. The highest BCUT2D eigenvalue weighted by Crippen LogP contribution is 2.18. The number of rotatable bonds is 5. The second kappa shape index (κ2) is 5.21. The monoisotopic (exact) mass is 265 g/mol. The molecular formula is C12H15N3O4. The van der Waals surface area contributed by atoms with Crippen molar-refractivity contribution in [2.24, 2.45) is 0 Å². The number of amides is 1. The summed E-state index contributed by atoms with van der Waals surface area (Å²) in [6, 6.07) is 0.242. The standard InChI is InChI=1S/C12H15N3O4/c1-7(16)9-6-13-12(19)15(11(9)18)5-4-10(17)14-8-2-3-8/h6,8H,2-5H2,1H3,(H,13,19)(H,14,17). The Kier molecular flexibility index (Phi) is 3.64. The Bertz CT molecular complexity index is 625. The van der Waals surface area contributed by atoms with E-state index in [4.69, 9.17) is 0 Å². The lowest BCUT2D eigenvalue weighted by atomic mass is 10.2. The minimum atomic E-state index is -0.657. The number of carbonyl (C=O) groups excluding carboxylic acids is 2. The third-order valence-corrected chi connectivity index (χ3v) is 2.94. The summed E-state index contributed by atoms with van der Waals surface area (Å²) in [6.07, 6.45) is 3.10. The van der Waals surface area contributed by atoms with E-state index in [1.165, 1.54) is 6.92 Å². The minimum Gasteiger partial charge on any atom is -0.353 e. The van der Waals surface area contributed by atoms with Crippen molar-refractivity contribution in [3.8, 4) is 0 Å². The lowest BCUT2D eigenvalue weighted by molar-refractivity contribution is -0.121. The summed E-state index contributed by atoms with van der Waals surface area (Å²) in [5, 5.41) is 2.77. The number of nitrogens with one attached hydrogen (secondary N) is 2. The van der Waals surface area contributed by atoms with Crippen LogP contribution in [0.25, 0.3) is 0 Å². The third-order valence-electron chi connectivity index (χ3n) is 2.94. The summed E-state index contributed by atoms with van der Waals surface area (Å²) < 4.78 is 0.878. The average Bonchev–Trinajstić information content (AvgIpc) is 3.12. The maximum absolute atomic E-state index is 11.9. The summed E-state index contributed by atoms with van der Waals surface area (Å²) in [6.45, 7) is 1.22. The predicted octanol–water partition coefficient (Wildman–Crippen LogP) is -0.592. The van der Waals surface area contributed by atoms with Gasteiger partial charge in [0.15, 0.2) is 5.78 Å². The van der Waals surface area contributed by atoms with Gasteiger partial charge in [0.1, 0.15) is 0 Å². The van der Waals surface area contributed by atoms with Gasteiger partial charge in [-0.05, 0) is 19.8 Å². The quantitative estimate of drug-likeness (QED) is 0.695. The van der Waals surface area contributed by atoms with Crippen LogP contribution in [-0.2, 0) is 11.3 Å². The van der Waals surface area contributed by atoms with E-state index in [0.29, 0.717) is 0 Å². The molecule has 0 aromatic carbocycles. The molecule has 0 aliphatic heterocycles. The van der Waals surface area contributed by atoms with E-state index in [1.54, 1.807) is 0 Å². The highest BCUT2D eigenvalue weighted by atomic mass is 16.2. The van der Waals surface area contributed by atoms with E-state index in [2.05, 4.69) is 10.3 Å². The van der Waals surface area contributed by atoms with Crippen LogP contribution in [0.3, 0.4) is 0 Å². The van der Waals surface area contributed by atoms with Crippen LogP contribution in [0, 0.1) is 0 Å². The molecule has 0 atom stereocenters. The zero-order valence-corrected chi connectivity index (χ0v) is 10.6. The Morgan fingerprint density at radius 1 is 1.42 bits per heavy atom. The smallest absolute Gasteiger partial charge is 0.328 e. The fourth-order valence-corrected chi connectivity index (χ4v) is 1.71. The van der Waals surface area contributed by atoms with E-state index in [0.717, 1.165) is 23.6 Å². The van der Waals surface area contributed by atoms with E-state index >= 15 is 0 Å². The second-order valence-corrected chi connectivity index (χ2v) is 4.61. The van der Waals surface area contributed by atoms with E-state index in [9.17, 15) is 19.2 Å². The van der Waals surface area contributed by atoms with Crippen LogP contribution in [0.5, 0.6) is 0 Å². The lowest BCUT2D eigenvalue weighted by Crippen LogP contribution is -2.39. The van der Waals surface area contributed by atoms with Crippen molar-refractivity contribution in [3.63, 3.8) is 0 Å². The zero-order chi connectivity index (χ0) is 14.0. The first-order chi connectivity index (χ1) is 8.99. The summed E-state index contributed by atoms with van der Waals surface area (Å²) in [4.78, 5) is 48.4. The van der Waals surface area contributed by atoms with Crippen LogP contribution in [0.2, 0.25) is 0 Å². The fraction of sp³-hybridized carbons (Fsp3) is 0.500. The largest absolute Gasteiger partial charge is 0.353 e. The summed E-state index contributed by atoms with van der Waals surface area (Å²) in [5.41, 5.74) is -1.35. The highest BCUT2D eigenvalue weighted by Gasteiger charge is 2.23. The molecule has 0 saturated heterocycles. The summed E-state index contributed by atoms with van der Waals surface area (Å²) in [5.74, 6) is -0.612. The number of hydrogen-bond donors (Lipinski definition) is 2. The molecule has 0 bridgehead atoms. The van der Waals surface area contributed by atoms with E-state index < -0.39 is 17.0 Å². The van der Waals surface area contributed by atoms with Gasteiger partial charge in [-0.1, -0.05) is 0 Å². The number of H-pyrrole nitrogens is 1. The molecule has 1 aliphatic rings. The second-order valence-electron chi connectivity index (χ2n) is 4.61. The molecule has 7 heteroatoms. The Balaban J connectivity index is 2.12. The number of Topliss-reactive ketones (excluding diaryl/α,β-unsaturated/α-hetero) is 1. The van der Waals surface area contributed by atoms with Crippen LogP contribution < -0.4 is 16.6 Å². The third kappa shape index (κ3) is 3.18. The van der Waals surface area contributed by atoms with Gasteiger partial charge in [-0.3, -0.25) is 19.0 Å². The van der Waals surface area contributed by atoms with Gasteiger partial charge in [0, 0.05) is 25.2 Å². The highest BCUT2D eigenvalue weighted by molar-refractivity contribution is 5.93. The van der Waals surface area contributed by atoms with Gasteiger partial charge < -0.3 is 10.3 Å². The molecule has 102 valence electrons. The average molecular weight is 265 g/mol. The Hall–Kier alpha value is -2.18. The number of nitrogens with zero attached hydrogens (tertiary/aromatic N) is 1. The van der Waals surface area contributed by atoms with Gasteiger partial charge in [-0.2, -0.15) is 0 Å². The normalized spacial score (nSPS) is 14.2. The van der Waals surface area contributed by atoms with Crippen LogP contribution in [0.15, 0.2) is 15.8 Å². The number of aromatic amines is 1. The Morgan fingerprint density at radius 3 is 2.68 bits per heavy atom. The van der Waals surface area contributed by atoms with Gasteiger partial charge in [0.25, 0.3) is 5.56 Å². The molecule has 1 heterocycles. The molecule has 1 saturated carbocycles. The molecule has 1 aromatic rings. The molecular weight excluding hydrogens is 250 g/mol. The van der Waals surface area contributed by atoms with Crippen LogP contribution in [0.4, 0.5) is 0 Å². The predicted molar refractivity (Wildman–Crippen MR) is 67.1 cm³/mol. The molecule has 0 spiro atoms. The van der Waals surface area contributed by atoms with Crippen molar-refractivity contribution in [2.75, 3.05) is 0 Å². The maximum Gasteiger partial charge on any atom is 0.328 e. The molecule has 0 radical (unpaired) electrons. The van der Waals surface area contributed by atoms with Crippen LogP contribution >= 0.6 is 0 Å².